The van der Waals surface area contributed by atoms with Crippen molar-refractivity contribution in [2.75, 3.05) is 10.5 Å². The minimum absolute atomic E-state index is 0.173. The maximum atomic E-state index is 13.6. The average Bonchev–Trinajstić information content (AvgIpc) is 2.33. The number of anilines is 2. The second-order valence-electron chi connectivity index (χ2n) is 4.16. The molecule has 5 nitrogen and oxygen atoms in total. The first-order valence-corrected chi connectivity index (χ1v) is 6.97. The molecule has 0 amide bonds. The number of benzene rings is 1. The lowest BCUT2D eigenvalue weighted by atomic mass is 10.3. The lowest BCUT2D eigenvalue weighted by molar-refractivity contribution is 0.553. The molecule has 3 N–H and O–H groups in total. The molecular weight excluding hydrogens is 288 g/mol. The molecule has 0 bridgehead atoms. The van der Waals surface area contributed by atoms with Gasteiger partial charge >= 0.3 is 0 Å². The lowest BCUT2D eigenvalue weighted by Gasteiger charge is -2.10. The van der Waals surface area contributed by atoms with Crippen molar-refractivity contribution in [1.82, 2.24) is 4.98 Å². The molecule has 0 fully saturated rings. The number of nitrogen functional groups attached to an aromatic ring is 1. The molecule has 0 radical (unpaired) electrons. The van der Waals surface area contributed by atoms with E-state index in [1.54, 1.807) is 6.92 Å². The molecule has 20 heavy (non-hydrogen) atoms. The zero-order chi connectivity index (χ0) is 14.9. The molecule has 1 heterocycles. The van der Waals surface area contributed by atoms with Crippen molar-refractivity contribution in [3.05, 3.63) is 47.8 Å². The summed E-state index contributed by atoms with van der Waals surface area (Å²) in [6.45, 7) is 1.72. The molecule has 1 aromatic heterocycles. The van der Waals surface area contributed by atoms with E-state index in [0.717, 1.165) is 11.6 Å². The molecule has 2 rings (SSSR count). The monoisotopic (exact) mass is 299 g/mol. The molecule has 0 aliphatic rings. The molecule has 0 spiro atoms. The fraction of sp³-hybridized carbons (Fsp3) is 0.0833. The van der Waals surface area contributed by atoms with E-state index < -0.39 is 32.2 Å². The first-order chi connectivity index (χ1) is 9.29. The van der Waals surface area contributed by atoms with E-state index in [4.69, 9.17) is 5.73 Å². The minimum atomic E-state index is -4.21. The highest BCUT2D eigenvalue weighted by atomic mass is 32.2. The Morgan fingerprint density at radius 1 is 1.15 bits per heavy atom. The van der Waals surface area contributed by atoms with Crippen LogP contribution < -0.4 is 10.5 Å². The van der Waals surface area contributed by atoms with Crippen LogP contribution >= 0.6 is 0 Å². The van der Waals surface area contributed by atoms with E-state index in [1.165, 1.54) is 18.5 Å². The van der Waals surface area contributed by atoms with Crippen molar-refractivity contribution in [1.29, 1.82) is 0 Å². The third-order valence-electron chi connectivity index (χ3n) is 2.47. The number of nitrogens with zero attached hydrogens (tertiary/aromatic N) is 1. The fourth-order valence-electron chi connectivity index (χ4n) is 1.57. The SMILES string of the molecule is Cc1cncc(NS(=O)(=O)c2cc(N)c(F)cc2F)c1. The summed E-state index contributed by atoms with van der Waals surface area (Å²) in [5.74, 6) is -2.23. The van der Waals surface area contributed by atoms with E-state index in [1.807, 2.05) is 0 Å². The van der Waals surface area contributed by atoms with Gasteiger partial charge in [-0.05, 0) is 24.6 Å². The van der Waals surface area contributed by atoms with Crippen molar-refractivity contribution in [2.45, 2.75) is 11.8 Å². The van der Waals surface area contributed by atoms with Gasteiger partial charge in [-0.15, -0.1) is 0 Å². The summed E-state index contributed by atoms with van der Waals surface area (Å²) >= 11 is 0. The Kier molecular flexibility index (Phi) is 3.58. The van der Waals surface area contributed by atoms with Gasteiger partial charge in [-0.3, -0.25) is 9.71 Å². The number of hydrogen-bond acceptors (Lipinski definition) is 4. The van der Waals surface area contributed by atoms with Crippen molar-refractivity contribution in [3.8, 4) is 0 Å². The van der Waals surface area contributed by atoms with Crippen molar-refractivity contribution in [2.24, 2.45) is 0 Å². The molecule has 8 heteroatoms. The summed E-state index contributed by atoms with van der Waals surface area (Å²) in [6, 6.07) is 2.68. The highest BCUT2D eigenvalue weighted by Crippen LogP contribution is 2.23. The van der Waals surface area contributed by atoms with E-state index in [0.29, 0.717) is 6.07 Å². The Hall–Kier alpha value is -2.22. The normalized spacial score (nSPS) is 11.3. The molecular formula is C12H11F2N3O2S. The molecule has 0 aliphatic carbocycles. The first-order valence-electron chi connectivity index (χ1n) is 5.48. The number of halogens is 2. The number of pyridine rings is 1. The topological polar surface area (TPSA) is 85.1 Å². The summed E-state index contributed by atoms with van der Waals surface area (Å²) in [7, 11) is -4.21. The van der Waals surface area contributed by atoms with Crippen LogP contribution in [0.2, 0.25) is 0 Å². The largest absolute Gasteiger partial charge is 0.396 e. The van der Waals surface area contributed by atoms with Gasteiger partial charge in [-0.25, -0.2) is 17.2 Å². The van der Waals surface area contributed by atoms with Crippen molar-refractivity contribution >= 4 is 21.4 Å². The smallest absolute Gasteiger partial charge is 0.264 e. The van der Waals surface area contributed by atoms with Gasteiger partial charge in [0.1, 0.15) is 16.5 Å². The molecule has 0 aliphatic heterocycles. The molecule has 0 saturated carbocycles. The van der Waals surface area contributed by atoms with Crippen LogP contribution in [0.1, 0.15) is 5.56 Å². The number of hydrogen-bond donors (Lipinski definition) is 2. The Balaban J connectivity index is 2.43. The minimum Gasteiger partial charge on any atom is -0.396 e. The van der Waals surface area contributed by atoms with Gasteiger partial charge in [-0.2, -0.15) is 0 Å². The lowest BCUT2D eigenvalue weighted by Crippen LogP contribution is -2.15. The van der Waals surface area contributed by atoms with E-state index in [2.05, 4.69) is 9.71 Å². The van der Waals surface area contributed by atoms with Crippen LogP contribution in [0.25, 0.3) is 0 Å². The average molecular weight is 299 g/mol. The number of sulfonamides is 1. The van der Waals surface area contributed by atoms with E-state index >= 15 is 0 Å². The van der Waals surface area contributed by atoms with Gasteiger partial charge in [0.15, 0.2) is 0 Å². The molecule has 0 unspecified atom stereocenters. The molecule has 2 aromatic rings. The molecule has 0 atom stereocenters. The summed E-state index contributed by atoms with van der Waals surface area (Å²) in [6.07, 6.45) is 2.81. The van der Waals surface area contributed by atoms with Gasteiger partial charge in [-0.1, -0.05) is 0 Å². The maximum absolute atomic E-state index is 13.6. The van der Waals surface area contributed by atoms with Crippen LogP contribution in [0.4, 0.5) is 20.2 Å². The van der Waals surface area contributed by atoms with Crippen LogP contribution in [0.15, 0.2) is 35.5 Å². The quantitative estimate of drug-likeness (QED) is 0.849. The standard InChI is InChI=1S/C12H11F2N3O2S/c1-7-2-8(6-16-5-7)17-20(18,19)12-4-11(15)9(13)3-10(12)14/h2-6,17H,15H2,1H3. The van der Waals surface area contributed by atoms with Crippen LogP contribution in [0, 0.1) is 18.6 Å². The maximum Gasteiger partial charge on any atom is 0.264 e. The van der Waals surface area contributed by atoms with Crippen LogP contribution in [-0.4, -0.2) is 13.4 Å². The number of aromatic nitrogens is 1. The zero-order valence-corrected chi connectivity index (χ0v) is 11.2. The number of nitrogens with one attached hydrogen (secondary N) is 1. The predicted octanol–water partition coefficient (Wildman–Crippen LogP) is 2.05. The number of nitrogens with two attached hydrogens (primary N) is 1. The van der Waals surface area contributed by atoms with Crippen LogP contribution in [0.5, 0.6) is 0 Å². The summed E-state index contributed by atoms with van der Waals surface area (Å²) in [5.41, 5.74) is 5.71. The van der Waals surface area contributed by atoms with Crippen LogP contribution in [-0.2, 0) is 10.0 Å². The third-order valence-corrected chi connectivity index (χ3v) is 3.86. The highest BCUT2D eigenvalue weighted by Gasteiger charge is 2.21. The third kappa shape index (κ3) is 2.85. The number of rotatable bonds is 3. The second-order valence-corrected chi connectivity index (χ2v) is 5.81. The van der Waals surface area contributed by atoms with E-state index in [-0.39, 0.29) is 5.69 Å². The van der Waals surface area contributed by atoms with Crippen LogP contribution in [0.3, 0.4) is 0 Å². The van der Waals surface area contributed by atoms with Gasteiger partial charge in [0.25, 0.3) is 10.0 Å². The number of aryl methyl sites for hydroxylation is 1. The zero-order valence-electron chi connectivity index (χ0n) is 10.4. The predicted molar refractivity (Wildman–Crippen MR) is 70.6 cm³/mol. The summed E-state index contributed by atoms with van der Waals surface area (Å²) < 4.78 is 52.9. The van der Waals surface area contributed by atoms with Crippen molar-refractivity contribution < 1.29 is 17.2 Å². The second kappa shape index (κ2) is 5.04. The van der Waals surface area contributed by atoms with Gasteiger partial charge in [0, 0.05) is 12.3 Å². The van der Waals surface area contributed by atoms with Crippen molar-refractivity contribution in [3.63, 3.8) is 0 Å². The molecule has 0 saturated heterocycles. The first kappa shape index (κ1) is 14.2. The Morgan fingerprint density at radius 3 is 2.50 bits per heavy atom. The molecule has 1 aromatic carbocycles. The Morgan fingerprint density at radius 2 is 1.85 bits per heavy atom. The fourth-order valence-corrected chi connectivity index (χ4v) is 2.70. The van der Waals surface area contributed by atoms with Gasteiger partial charge in [0.05, 0.1) is 17.6 Å². The Bertz CT molecular complexity index is 763. The summed E-state index contributed by atoms with van der Waals surface area (Å²) in [4.78, 5) is 3.09. The highest BCUT2D eigenvalue weighted by molar-refractivity contribution is 7.92. The van der Waals surface area contributed by atoms with E-state index in [9.17, 15) is 17.2 Å². The summed E-state index contributed by atoms with van der Waals surface area (Å²) in [5, 5.41) is 0. The Labute approximate surface area is 114 Å². The van der Waals surface area contributed by atoms with Gasteiger partial charge < -0.3 is 5.73 Å². The van der Waals surface area contributed by atoms with Gasteiger partial charge in [0.2, 0.25) is 0 Å². The molecule has 106 valence electrons.